The topological polar surface area (TPSA) is 39.7 Å². The van der Waals surface area contributed by atoms with Gasteiger partial charge >= 0.3 is 0 Å². The highest BCUT2D eigenvalue weighted by atomic mass is 16.5. The maximum atomic E-state index is 5.60. The number of ether oxygens (including phenoxy) is 3. The summed E-state index contributed by atoms with van der Waals surface area (Å²) in [5, 5.41) is 3.77. The van der Waals surface area contributed by atoms with Gasteiger partial charge in [-0.2, -0.15) is 0 Å². The Bertz CT molecular complexity index is 535. The molecule has 2 aliphatic rings. The largest absolute Gasteiger partial charge is 0.493 e. The number of methoxy groups -OCH3 is 2. The Hall–Kier alpha value is -1.26. The summed E-state index contributed by atoms with van der Waals surface area (Å²) < 4.78 is 16.7. The molecule has 0 amide bonds. The molecule has 1 atom stereocenters. The molecule has 122 valence electrons. The van der Waals surface area contributed by atoms with Crippen molar-refractivity contribution in [2.75, 3.05) is 34.0 Å². The van der Waals surface area contributed by atoms with Gasteiger partial charge in [0.2, 0.25) is 0 Å². The molecular weight excluding hydrogens is 278 g/mol. The number of fused-ring (bicyclic) bond motifs is 2. The first-order valence-corrected chi connectivity index (χ1v) is 8.19. The van der Waals surface area contributed by atoms with Crippen LogP contribution in [0.25, 0.3) is 0 Å². The zero-order chi connectivity index (χ0) is 15.7. The van der Waals surface area contributed by atoms with Gasteiger partial charge in [-0.25, -0.2) is 0 Å². The molecule has 4 nitrogen and oxygen atoms in total. The molecule has 1 aromatic carbocycles. The second-order valence-electron chi connectivity index (χ2n) is 6.79. The van der Waals surface area contributed by atoms with Crippen molar-refractivity contribution in [1.29, 1.82) is 0 Å². The Labute approximate surface area is 133 Å². The van der Waals surface area contributed by atoms with Gasteiger partial charge in [-0.3, -0.25) is 0 Å². The zero-order valence-corrected chi connectivity index (χ0v) is 14.1. The minimum absolute atomic E-state index is 0.165. The summed E-state index contributed by atoms with van der Waals surface area (Å²) in [6, 6.07) is 4.74. The van der Waals surface area contributed by atoms with Crippen LogP contribution in [-0.2, 0) is 10.2 Å². The summed E-state index contributed by atoms with van der Waals surface area (Å²) >= 11 is 0. The molecule has 1 spiro atoms. The molecule has 4 heteroatoms. The molecule has 2 aliphatic heterocycles. The summed E-state index contributed by atoms with van der Waals surface area (Å²) in [5.41, 5.74) is 2.95. The van der Waals surface area contributed by atoms with Crippen LogP contribution in [0, 0.1) is 5.92 Å². The molecule has 1 fully saturated rings. The summed E-state index contributed by atoms with van der Waals surface area (Å²) in [7, 11) is 3.41. The smallest absolute Gasteiger partial charge is 0.161 e. The molecular formula is C18H27NO3. The second kappa shape index (κ2) is 6.09. The molecule has 2 heterocycles. The quantitative estimate of drug-likeness (QED) is 0.931. The minimum Gasteiger partial charge on any atom is -0.493 e. The van der Waals surface area contributed by atoms with E-state index in [1.165, 1.54) is 11.1 Å². The van der Waals surface area contributed by atoms with Gasteiger partial charge < -0.3 is 19.5 Å². The van der Waals surface area contributed by atoms with E-state index in [0.717, 1.165) is 44.1 Å². The van der Waals surface area contributed by atoms with Crippen LogP contribution in [0.4, 0.5) is 0 Å². The van der Waals surface area contributed by atoms with E-state index in [-0.39, 0.29) is 5.41 Å². The summed E-state index contributed by atoms with van der Waals surface area (Å²) in [6.07, 6.45) is 2.13. The van der Waals surface area contributed by atoms with Crippen molar-refractivity contribution in [2.45, 2.75) is 38.1 Å². The van der Waals surface area contributed by atoms with E-state index >= 15 is 0 Å². The fourth-order valence-electron chi connectivity index (χ4n) is 3.92. The molecule has 0 aliphatic carbocycles. The Morgan fingerprint density at radius 3 is 2.36 bits per heavy atom. The standard InChI is InChI=1S/C18H27NO3/c1-12(2)17-13-9-15(20-3)16(21-4)10-14(13)18(11-19-17)5-7-22-8-6-18/h9-10,12,17,19H,5-8,11H2,1-4H3. The van der Waals surface area contributed by atoms with E-state index < -0.39 is 0 Å². The predicted molar refractivity (Wildman–Crippen MR) is 86.9 cm³/mol. The molecule has 1 saturated heterocycles. The van der Waals surface area contributed by atoms with Crippen molar-refractivity contribution in [2.24, 2.45) is 5.92 Å². The summed E-state index contributed by atoms with van der Waals surface area (Å²) in [5.74, 6) is 2.18. The lowest BCUT2D eigenvalue weighted by molar-refractivity contribution is 0.0439. The lowest BCUT2D eigenvalue weighted by atomic mass is 9.68. The van der Waals surface area contributed by atoms with Gasteiger partial charge in [0.1, 0.15) is 0 Å². The zero-order valence-electron chi connectivity index (χ0n) is 14.1. The van der Waals surface area contributed by atoms with E-state index in [1.54, 1.807) is 14.2 Å². The lowest BCUT2D eigenvalue weighted by Gasteiger charge is -2.46. The predicted octanol–water partition coefficient (Wildman–Crippen LogP) is 3.05. The van der Waals surface area contributed by atoms with Gasteiger partial charge in [0.15, 0.2) is 11.5 Å². The van der Waals surface area contributed by atoms with E-state index in [1.807, 2.05) is 0 Å². The molecule has 1 aromatic rings. The van der Waals surface area contributed by atoms with Gasteiger partial charge in [0, 0.05) is 31.2 Å². The molecule has 1 N–H and O–H groups in total. The van der Waals surface area contributed by atoms with Gasteiger partial charge in [0.25, 0.3) is 0 Å². The molecule has 3 rings (SSSR count). The van der Waals surface area contributed by atoms with Crippen molar-refractivity contribution < 1.29 is 14.2 Å². The first-order valence-electron chi connectivity index (χ1n) is 8.19. The molecule has 0 saturated carbocycles. The van der Waals surface area contributed by atoms with Crippen molar-refractivity contribution in [3.8, 4) is 11.5 Å². The van der Waals surface area contributed by atoms with Crippen LogP contribution in [0.5, 0.6) is 11.5 Å². The lowest BCUT2D eigenvalue weighted by Crippen LogP contribution is -2.49. The summed E-state index contributed by atoms with van der Waals surface area (Å²) in [6.45, 7) is 7.21. The van der Waals surface area contributed by atoms with Gasteiger partial charge in [-0.15, -0.1) is 0 Å². The Kier molecular flexibility index (Phi) is 4.33. The maximum absolute atomic E-state index is 5.60. The van der Waals surface area contributed by atoms with Crippen LogP contribution in [0.1, 0.15) is 43.9 Å². The van der Waals surface area contributed by atoms with Gasteiger partial charge in [0.05, 0.1) is 14.2 Å². The number of benzene rings is 1. The molecule has 0 bridgehead atoms. The fourth-order valence-corrected chi connectivity index (χ4v) is 3.92. The monoisotopic (exact) mass is 305 g/mol. The third-order valence-corrected chi connectivity index (χ3v) is 5.24. The van der Waals surface area contributed by atoms with E-state index in [2.05, 4.69) is 31.3 Å². The van der Waals surface area contributed by atoms with Crippen LogP contribution < -0.4 is 14.8 Å². The SMILES string of the molecule is COc1cc2c(cc1OC)C1(CCOCC1)CNC2C(C)C. The van der Waals surface area contributed by atoms with E-state index in [4.69, 9.17) is 14.2 Å². The van der Waals surface area contributed by atoms with Crippen LogP contribution in [0.15, 0.2) is 12.1 Å². The Balaban J connectivity index is 2.14. The Morgan fingerprint density at radius 2 is 1.77 bits per heavy atom. The number of hydrogen-bond acceptors (Lipinski definition) is 4. The summed E-state index contributed by atoms with van der Waals surface area (Å²) in [4.78, 5) is 0. The van der Waals surface area contributed by atoms with E-state index in [9.17, 15) is 0 Å². The third kappa shape index (κ3) is 2.48. The number of rotatable bonds is 3. The number of hydrogen-bond donors (Lipinski definition) is 1. The number of nitrogens with one attached hydrogen (secondary N) is 1. The Morgan fingerprint density at radius 1 is 1.14 bits per heavy atom. The molecule has 22 heavy (non-hydrogen) atoms. The highest BCUT2D eigenvalue weighted by Gasteiger charge is 2.42. The van der Waals surface area contributed by atoms with Crippen molar-refractivity contribution in [3.63, 3.8) is 0 Å². The first-order chi connectivity index (χ1) is 10.6. The highest BCUT2D eigenvalue weighted by Crippen LogP contribution is 2.47. The minimum atomic E-state index is 0.165. The van der Waals surface area contributed by atoms with Crippen molar-refractivity contribution >= 4 is 0 Å². The van der Waals surface area contributed by atoms with Gasteiger partial charge in [-0.1, -0.05) is 13.8 Å². The average molecular weight is 305 g/mol. The van der Waals surface area contributed by atoms with Crippen LogP contribution in [0.2, 0.25) is 0 Å². The highest BCUT2D eigenvalue weighted by molar-refractivity contribution is 5.52. The molecule has 0 radical (unpaired) electrons. The fraction of sp³-hybridized carbons (Fsp3) is 0.667. The first kappa shape index (κ1) is 15.6. The third-order valence-electron chi connectivity index (χ3n) is 5.24. The average Bonchev–Trinajstić information content (AvgIpc) is 2.54. The molecule has 0 aromatic heterocycles. The second-order valence-corrected chi connectivity index (χ2v) is 6.79. The van der Waals surface area contributed by atoms with Crippen LogP contribution >= 0.6 is 0 Å². The van der Waals surface area contributed by atoms with E-state index in [0.29, 0.717) is 12.0 Å². The van der Waals surface area contributed by atoms with Gasteiger partial charge in [-0.05, 0) is 42.0 Å². The van der Waals surface area contributed by atoms with Crippen LogP contribution in [0.3, 0.4) is 0 Å². The van der Waals surface area contributed by atoms with Crippen molar-refractivity contribution in [3.05, 3.63) is 23.3 Å². The molecule has 1 unspecified atom stereocenters. The van der Waals surface area contributed by atoms with Crippen LogP contribution in [-0.4, -0.2) is 34.0 Å². The normalized spacial score (nSPS) is 23.4. The van der Waals surface area contributed by atoms with Crippen molar-refractivity contribution in [1.82, 2.24) is 5.32 Å². The maximum Gasteiger partial charge on any atom is 0.161 e.